The average molecular weight is 255 g/mol. The molecule has 0 atom stereocenters. The van der Waals surface area contributed by atoms with Crippen LogP contribution in [-0.2, 0) is 0 Å². The van der Waals surface area contributed by atoms with E-state index >= 15 is 0 Å². The molecule has 0 saturated heterocycles. The maximum absolute atomic E-state index is 4.50. The van der Waals surface area contributed by atoms with E-state index in [1.54, 1.807) is 0 Å². The lowest BCUT2D eigenvalue weighted by Crippen LogP contribution is -1.77. The summed E-state index contributed by atoms with van der Waals surface area (Å²) in [5, 5.41) is 0. The van der Waals surface area contributed by atoms with Crippen LogP contribution in [0.5, 0.6) is 0 Å². The van der Waals surface area contributed by atoms with Gasteiger partial charge in [0.05, 0.1) is 5.69 Å². The SMILES string of the molecule is C.C.C(=C\c1cn2ccccc2n1)/c1ccccc1.[2HH]. The number of benzene rings is 1. The summed E-state index contributed by atoms with van der Waals surface area (Å²) in [6, 6.07) is 16.2. The number of aromatic nitrogens is 2. The quantitative estimate of drug-likeness (QED) is 0.628. The molecule has 100 valence electrons. The number of hydrogen-bond acceptors (Lipinski definition) is 1. The van der Waals surface area contributed by atoms with Gasteiger partial charge in [0.1, 0.15) is 5.65 Å². The van der Waals surface area contributed by atoms with Crippen molar-refractivity contribution in [1.29, 1.82) is 0 Å². The van der Waals surface area contributed by atoms with Gasteiger partial charge < -0.3 is 4.40 Å². The van der Waals surface area contributed by atoms with Crippen molar-refractivity contribution in [2.24, 2.45) is 0 Å². The highest BCUT2D eigenvalue weighted by Gasteiger charge is 1.96. The molecule has 1 aromatic carbocycles. The van der Waals surface area contributed by atoms with Crippen LogP contribution in [0.2, 0.25) is 0 Å². The Labute approximate surface area is 116 Å². The maximum atomic E-state index is 4.50. The van der Waals surface area contributed by atoms with Gasteiger partial charge in [-0.2, -0.15) is 0 Å². The first kappa shape index (κ1) is 14.7. The third-order valence-electron chi connectivity index (χ3n) is 2.63. The molecule has 0 aliphatic carbocycles. The van der Waals surface area contributed by atoms with E-state index in [-0.39, 0.29) is 16.3 Å². The Hall–Kier alpha value is -2.35. The van der Waals surface area contributed by atoms with Crippen LogP contribution in [0, 0.1) is 0 Å². The predicted molar refractivity (Wildman–Crippen MR) is 86.1 cm³/mol. The second-order valence-corrected chi connectivity index (χ2v) is 3.88. The number of fused-ring (bicyclic) bond motifs is 1. The Kier molecular flexibility index (Phi) is 5.07. The van der Waals surface area contributed by atoms with Crippen molar-refractivity contribution in [3.8, 4) is 0 Å². The minimum absolute atomic E-state index is 0. The highest BCUT2D eigenvalue weighted by molar-refractivity contribution is 5.68. The van der Waals surface area contributed by atoms with Gasteiger partial charge in [-0.05, 0) is 23.8 Å². The van der Waals surface area contributed by atoms with E-state index in [1.807, 2.05) is 59.3 Å². The first-order valence-electron chi connectivity index (χ1n) is 5.59. The molecule has 0 aliphatic rings. The molecule has 0 amide bonds. The summed E-state index contributed by atoms with van der Waals surface area (Å²) in [4.78, 5) is 4.50. The van der Waals surface area contributed by atoms with E-state index in [0.29, 0.717) is 0 Å². The Morgan fingerprint density at radius 2 is 1.63 bits per heavy atom. The van der Waals surface area contributed by atoms with Crippen LogP contribution in [0.4, 0.5) is 0 Å². The molecule has 2 aromatic heterocycles. The van der Waals surface area contributed by atoms with E-state index in [2.05, 4.69) is 23.2 Å². The first-order valence-corrected chi connectivity index (χ1v) is 5.59. The molecule has 0 N–H and O–H groups in total. The van der Waals surface area contributed by atoms with E-state index < -0.39 is 0 Å². The lowest BCUT2D eigenvalue weighted by molar-refractivity contribution is 1.19. The molecule has 19 heavy (non-hydrogen) atoms. The van der Waals surface area contributed by atoms with Gasteiger partial charge in [0.25, 0.3) is 0 Å². The maximum Gasteiger partial charge on any atom is 0.137 e. The van der Waals surface area contributed by atoms with E-state index in [0.717, 1.165) is 11.3 Å². The molecule has 0 aliphatic heterocycles. The van der Waals surface area contributed by atoms with Gasteiger partial charge >= 0.3 is 0 Å². The number of rotatable bonds is 2. The molecule has 0 bridgehead atoms. The molecule has 3 aromatic rings. The highest BCUT2D eigenvalue weighted by Crippen LogP contribution is 2.09. The normalized spacial score (nSPS) is 10.1. The molecule has 0 saturated carbocycles. The lowest BCUT2D eigenvalue weighted by atomic mass is 10.2. The Balaban J connectivity index is 0.00000120. The third kappa shape index (κ3) is 3.32. The van der Waals surface area contributed by atoms with Crippen molar-refractivity contribution in [3.63, 3.8) is 0 Å². The van der Waals surface area contributed by atoms with Crippen LogP contribution in [0.1, 0.15) is 27.5 Å². The Bertz CT molecular complexity index is 624. The summed E-state index contributed by atoms with van der Waals surface area (Å²) in [5.74, 6) is 0. The number of nitrogens with zero attached hydrogens (tertiary/aromatic N) is 2. The van der Waals surface area contributed by atoms with Gasteiger partial charge in [-0.15, -0.1) is 0 Å². The summed E-state index contributed by atoms with van der Waals surface area (Å²) in [6.07, 6.45) is 8.13. The van der Waals surface area contributed by atoms with Crippen molar-refractivity contribution in [2.45, 2.75) is 14.9 Å². The van der Waals surface area contributed by atoms with Crippen molar-refractivity contribution in [2.75, 3.05) is 0 Å². The minimum atomic E-state index is 0. The van der Waals surface area contributed by atoms with Crippen molar-refractivity contribution < 1.29 is 1.43 Å². The summed E-state index contributed by atoms with van der Waals surface area (Å²) < 4.78 is 2.02. The van der Waals surface area contributed by atoms with Crippen molar-refractivity contribution in [1.82, 2.24) is 9.38 Å². The first-order chi connectivity index (χ1) is 8.42. The van der Waals surface area contributed by atoms with Gasteiger partial charge in [-0.3, -0.25) is 0 Å². The molecule has 0 fully saturated rings. The molecule has 0 radical (unpaired) electrons. The molecule has 3 rings (SSSR count). The summed E-state index contributed by atoms with van der Waals surface area (Å²) >= 11 is 0. The van der Waals surface area contributed by atoms with E-state index in [9.17, 15) is 0 Å². The molecule has 2 heteroatoms. The number of imidazole rings is 1. The van der Waals surface area contributed by atoms with Crippen molar-refractivity contribution in [3.05, 3.63) is 72.2 Å². The fourth-order valence-corrected chi connectivity index (χ4v) is 1.78. The van der Waals surface area contributed by atoms with E-state index in [4.69, 9.17) is 0 Å². The Morgan fingerprint density at radius 3 is 2.37 bits per heavy atom. The van der Waals surface area contributed by atoms with Crippen LogP contribution in [0.25, 0.3) is 17.8 Å². The fourth-order valence-electron chi connectivity index (χ4n) is 1.78. The van der Waals surface area contributed by atoms with Gasteiger partial charge in [0.2, 0.25) is 0 Å². The minimum Gasteiger partial charge on any atom is -0.306 e. The van der Waals surface area contributed by atoms with Gasteiger partial charge in [0.15, 0.2) is 0 Å². The second kappa shape index (κ2) is 6.55. The summed E-state index contributed by atoms with van der Waals surface area (Å²) in [5.41, 5.74) is 3.13. The molecule has 0 spiro atoms. The van der Waals surface area contributed by atoms with Gasteiger partial charge in [-0.25, -0.2) is 4.98 Å². The van der Waals surface area contributed by atoms with Gasteiger partial charge in [0, 0.05) is 13.8 Å². The largest absolute Gasteiger partial charge is 0.306 e. The van der Waals surface area contributed by atoms with Gasteiger partial charge in [-0.1, -0.05) is 57.3 Å². The van der Waals surface area contributed by atoms with Crippen LogP contribution in [0.15, 0.2) is 60.9 Å². The molecule has 2 heterocycles. The van der Waals surface area contributed by atoms with Crippen molar-refractivity contribution >= 4 is 17.8 Å². The predicted octanol–water partition coefficient (Wildman–Crippen LogP) is 5.02. The van der Waals surface area contributed by atoms with Crippen LogP contribution < -0.4 is 0 Å². The monoisotopic (exact) mass is 255 g/mol. The molecular formula is C17H22N2. The molecular weight excluding hydrogens is 232 g/mol. The van der Waals surface area contributed by atoms with Crippen LogP contribution in [0.3, 0.4) is 0 Å². The average Bonchev–Trinajstić information content (AvgIpc) is 2.80. The highest BCUT2D eigenvalue weighted by atomic mass is 15.0. The number of hydrogen-bond donors (Lipinski definition) is 0. The summed E-state index contributed by atoms with van der Waals surface area (Å²) in [6.45, 7) is 0. The molecule has 2 nitrogen and oxygen atoms in total. The Morgan fingerprint density at radius 1 is 0.895 bits per heavy atom. The zero-order valence-corrected chi connectivity index (χ0v) is 9.32. The summed E-state index contributed by atoms with van der Waals surface area (Å²) in [7, 11) is 0. The zero-order valence-electron chi connectivity index (χ0n) is 9.32. The second-order valence-electron chi connectivity index (χ2n) is 3.88. The van der Waals surface area contributed by atoms with E-state index in [1.165, 1.54) is 5.56 Å². The fraction of sp³-hybridized carbons (Fsp3) is 0.118. The zero-order chi connectivity index (χ0) is 11.5. The van der Waals surface area contributed by atoms with Crippen LogP contribution in [-0.4, -0.2) is 9.38 Å². The lowest BCUT2D eigenvalue weighted by Gasteiger charge is -1.89. The molecule has 0 unspecified atom stereocenters. The third-order valence-corrected chi connectivity index (χ3v) is 2.63. The smallest absolute Gasteiger partial charge is 0.137 e. The standard InChI is InChI=1S/C15H12N2.2CH4.H2/c1-2-6-13(7-3-1)9-10-14-12-17-11-5-4-8-15(17)16-14;;;/h1-12H;2*1H4;1H/b10-9+;;;/i;;;1+1. The number of pyridine rings is 1. The van der Waals surface area contributed by atoms with Crippen LogP contribution >= 0.6 is 0 Å². The topological polar surface area (TPSA) is 17.3 Å².